The average molecular weight is 349 g/mol. The highest BCUT2D eigenvalue weighted by atomic mass is 32.1. The van der Waals surface area contributed by atoms with Gasteiger partial charge in [0.1, 0.15) is 5.60 Å². The molecule has 1 saturated heterocycles. The van der Waals surface area contributed by atoms with Gasteiger partial charge < -0.3 is 9.64 Å². The summed E-state index contributed by atoms with van der Waals surface area (Å²) in [5, 5.41) is 0.773. The molecule has 130 valence electrons. The van der Waals surface area contributed by atoms with Crippen LogP contribution in [0.4, 0.5) is 4.79 Å². The van der Waals surface area contributed by atoms with E-state index in [1.807, 2.05) is 45.0 Å². The summed E-state index contributed by atoms with van der Waals surface area (Å²) in [6.45, 7) is 8.89. The van der Waals surface area contributed by atoms with E-state index in [-0.39, 0.29) is 11.7 Å². The summed E-state index contributed by atoms with van der Waals surface area (Å²) in [6.07, 6.45) is -0.263. The van der Waals surface area contributed by atoms with Crippen molar-refractivity contribution in [2.24, 2.45) is 0 Å². The highest BCUT2D eigenvalue weighted by Gasteiger charge is 2.26. The third kappa shape index (κ3) is 3.79. The van der Waals surface area contributed by atoms with Crippen molar-refractivity contribution < 1.29 is 9.53 Å². The van der Waals surface area contributed by atoms with Crippen molar-refractivity contribution in [3.63, 3.8) is 0 Å². The Hall–Kier alpha value is -1.86. The highest BCUT2D eigenvalue weighted by Crippen LogP contribution is 2.17. The van der Waals surface area contributed by atoms with Crippen LogP contribution in [-0.4, -0.2) is 51.6 Å². The molecule has 0 spiro atoms. The zero-order valence-corrected chi connectivity index (χ0v) is 15.1. The van der Waals surface area contributed by atoms with Crippen LogP contribution in [0, 0.1) is 0 Å². The maximum Gasteiger partial charge on any atom is 0.410 e. The van der Waals surface area contributed by atoms with Crippen LogP contribution < -0.4 is 5.56 Å². The number of hydrogen-bond acceptors (Lipinski definition) is 5. The van der Waals surface area contributed by atoms with Gasteiger partial charge in [-0.3, -0.25) is 9.69 Å². The first-order valence-electron chi connectivity index (χ1n) is 8.13. The minimum atomic E-state index is -0.474. The van der Waals surface area contributed by atoms with E-state index >= 15 is 0 Å². The zero-order valence-electron chi connectivity index (χ0n) is 14.3. The van der Waals surface area contributed by atoms with Crippen LogP contribution in [0.5, 0.6) is 0 Å². The Balaban J connectivity index is 1.60. The van der Waals surface area contributed by atoms with E-state index in [0.29, 0.717) is 19.8 Å². The first-order valence-corrected chi connectivity index (χ1v) is 8.90. The minimum absolute atomic E-state index is 0.0603. The number of rotatable bonds is 2. The summed E-state index contributed by atoms with van der Waals surface area (Å²) in [7, 11) is 0. The molecule has 1 fully saturated rings. The van der Waals surface area contributed by atoms with Gasteiger partial charge in [-0.15, -0.1) is 0 Å². The number of fused-ring (bicyclic) bond motifs is 1. The molecule has 3 rings (SSSR count). The lowest BCUT2D eigenvalue weighted by atomic mass is 10.2. The number of carbonyl (C=O) groups excluding carboxylic acids is 1. The van der Waals surface area contributed by atoms with E-state index in [9.17, 15) is 9.59 Å². The van der Waals surface area contributed by atoms with E-state index < -0.39 is 5.60 Å². The van der Waals surface area contributed by atoms with Gasteiger partial charge in [0.05, 0.1) is 16.8 Å². The Morgan fingerprint density at radius 1 is 1.17 bits per heavy atom. The number of piperazine rings is 1. The van der Waals surface area contributed by atoms with Gasteiger partial charge in [-0.25, -0.2) is 8.75 Å². The van der Waals surface area contributed by atoms with Crippen LogP contribution in [-0.2, 0) is 11.4 Å². The van der Waals surface area contributed by atoms with Gasteiger partial charge in [-0.2, -0.15) is 0 Å². The smallest absolute Gasteiger partial charge is 0.410 e. The highest BCUT2D eigenvalue weighted by molar-refractivity contribution is 7.13. The number of carbonyl (C=O) groups is 1. The van der Waals surface area contributed by atoms with E-state index in [4.69, 9.17) is 4.74 Å². The Morgan fingerprint density at radius 2 is 1.83 bits per heavy atom. The fraction of sp³-hybridized carbons (Fsp3) is 0.529. The molecule has 1 aliphatic rings. The lowest BCUT2D eigenvalue weighted by molar-refractivity contribution is 0.0121. The third-order valence-corrected chi connectivity index (χ3v) is 4.96. The van der Waals surface area contributed by atoms with Crippen molar-refractivity contribution in [1.29, 1.82) is 0 Å². The van der Waals surface area contributed by atoms with Crippen LogP contribution in [0.1, 0.15) is 20.8 Å². The molecule has 24 heavy (non-hydrogen) atoms. The fourth-order valence-corrected chi connectivity index (χ4v) is 3.72. The largest absolute Gasteiger partial charge is 0.444 e. The van der Waals surface area contributed by atoms with Gasteiger partial charge in [0.25, 0.3) is 5.56 Å². The van der Waals surface area contributed by atoms with Gasteiger partial charge in [0.15, 0.2) is 0 Å². The summed E-state index contributed by atoms with van der Waals surface area (Å²) in [5.74, 6) is 0. The van der Waals surface area contributed by atoms with Crippen LogP contribution in [0.3, 0.4) is 0 Å². The zero-order chi connectivity index (χ0) is 17.3. The Labute approximate surface area is 145 Å². The molecule has 1 aliphatic heterocycles. The summed E-state index contributed by atoms with van der Waals surface area (Å²) < 4.78 is 8.20. The number of benzene rings is 1. The molecule has 6 nitrogen and oxygen atoms in total. The maximum absolute atomic E-state index is 12.4. The van der Waals surface area contributed by atoms with Gasteiger partial charge in [0.2, 0.25) is 0 Å². The number of amides is 1. The van der Waals surface area contributed by atoms with E-state index in [1.165, 1.54) is 11.5 Å². The molecule has 0 radical (unpaired) electrons. The molecule has 1 amide bonds. The number of hydrogen-bond donors (Lipinski definition) is 0. The molecule has 0 saturated carbocycles. The standard InChI is InChI=1S/C17H23N3O3S/c1-17(2,3)23-16(22)19-10-8-18(9-11-19)12-20-15(21)13-6-4-5-7-14(13)24-20/h4-7H,8-12H2,1-3H3. The predicted octanol–water partition coefficient (Wildman–Crippen LogP) is 2.57. The number of ether oxygens (including phenoxy) is 1. The molecule has 1 aromatic heterocycles. The lowest BCUT2D eigenvalue weighted by Gasteiger charge is -2.35. The first kappa shape index (κ1) is 17.0. The lowest BCUT2D eigenvalue weighted by Crippen LogP contribution is -2.50. The second-order valence-corrected chi connectivity index (χ2v) is 8.06. The van der Waals surface area contributed by atoms with Gasteiger partial charge in [-0.05, 0) is 32.9 Å². The molecule has 0 N–H and O–H groups in total. The van der Waals surface area contributed by atoms with E-state index in [0.717, 1.165) is 23.2 Å². The molecule has 0 bridgehead atoms. The Bertz CT molecular complexity index is 782. The quantitative estimate of drug-likeness (QED) is 0.836. The fourth-order valence-electron chi connectivity index (χ4n) is 2.69. The summed E-state index contributed by atoms with van der Waals surface area (Å²) in [4.78, 5) is 28.4. The average Bonchev–Trinajstić information content (AvgIpc) is 2.83. The molecule has 0 unspecified atom stereocenters. The number of aromatic nitrogens is 1. The van der Waals surface area contributed by atoms with Crippen molar-refractivity contribution >= 4 is 27.7 Å². The van der Waals surface area contributed by atoms with Gasteiger partial charge in [0, 0.05) is 26.2 Å². The predicted molar refractivity (Wildman–Crippen MR) is 95.5 cm³/mol. The van der Waals surface area contributed by atoms with Crippen molar-refractivity contribution in [3.05, 3.63) is 34.6 Å². The Kier molecular flexibility index (Phi) is 4.64. The van der Waals surface area contributed by atoms with E-state index in [2.05, 4.69) is 4.90 Å². The minimum Gasteiger partial charge on any atom is -0.444 e. The Morgan fingerprint density at radius 3 is 2.46 bits per heavy atom. The van der Waals surface area contributed by atoms with Crippen molar-refractivity contribution in [2.75, 3.05) is 26.2 Å². The van der Waals surface area contributed by atoms with Crippen LogP contribution in [0.2, 0.25) is 0 Å². The van der Waals surface area contributed by atoms with Crippen LogP contribution >= 0.6 is 11.5 Å². The monoisotopic (exact) mass is 349 g/mol. The molecular formula is C17H23N3O3S. The SMILES string of the molecule is CC(C)(C)OC(=O)N1CCN(Cn2sc3ccccc3c2=O)CC1. The first-order chi connectivity index (χ1) is 11.3. The molecule has 0 aliphatic carbocycles. The summed E-state index contributed by atoms with van der Waals surface area (Å²) in [6, 6.07) is 7.67. The summed E-state index contributed by atoms with van der Waals surface area (Å²) in [5.41, 5.74) is -0.413. The molecule has 1 aromatic carbocycles. The molecular weight excluding hydrogens is 326 g/mol. The topological polar surface area (TPSA) is 54.8 Å². The van der Waals surface area contributed by atoms with Gasteiger partial charge >= 0.3 is 6.09 Å². The normalized spacial score (nSPS) is 16.5. The van der Waals surface area contributed by atoms with Crippen LogP contribution in [0.15, 0.2) is 29.1 Å². The van der Waals surface area contributed by atoms with Crippen molar-refractivity contribution in [3.8, 4) is 0 Å². The number of nitrogens with zero attached hydrogens (tertiary/aromatic N) is 3. The van der Waals surface area contributed by atoms with E-state index in [1.54, 1.807) is 8.86 Å². The third-order valence-electron chi connectivity index (χ3n) is 3.90. The molecule has 2 heterocycles. The summed E-state index contributed by atoms with van der Waals surface area (Å²) >= 11 is 1.49. The van der Waals surface area contributed by atoms with Crippen molar-refractivity contribution in [2.45, 2.75) is 33.0 Å². The molecule has 7 heteroatoms. The molecule has 0 atom stereocenters. The maximum atomic E-state index is 12.4. The van der Waals surface area contributed by atoms with Crippen LogP contribution in [0.25, 0.3) is 10.1 Å². The second-order valence-electron chi connectivity index (χ2n) is 7.00. The van der Waals surface area contributed by atoms with Crippen molar-refractivity contribution in [1.82, 2.24) is 13.8 Å². The molecule has 2 aromatic rings. The second kappa shape index (κ2) is 6.57. The van der Waals surface area contributed by atoms with Gasteiger partial charge in [-0.1, -0.05) is 23.7 Å².